The Morgan fingerprint density at radius 1 is 1.35 bits per heavy atom. The second-order valence-electron chi connectivity index (χ2n) is 6.32. The highest BCUT2D eigenvalue weighted by atomic mass is 127. The lowest BCUT2D eigenvalue weighted by atomic mass is 10.0. The van der Waals surface area contributed by atoms with Gasteiger partial charge in [-0.3, -0.25) is 4.99 Å². The molecule has 23 heavy (non-hydrogen) atoms. The molecule has 0 aromatic carbocycles. The van der Waals surface area contributed by atoms with E-state index in [0.29, 0.717) is 17.9 Å². The third kappa shape index (κ3) is 8.54. The lowest BCUT2D eigenvalue weighted by molar-refractivity contribution is 0.0266. The number of aliphatic imine (C=N–C) groups is 1. The Kier molecular flexibility index (Phi) is 13.2. The van der Waals surface area contributed by atoms with Crippen LogP contribution in [0.2, 0.25) is 0 Å². The van der Waals surface area contributed by atoms with Gasteiger partial charge in [-0.25, -0.2) is 0 Å². The van der Waals surface area contributed by atoms with Crippen LogP contribution in [-0.2, 0) is 9.47 Å². The van der Waals surface area contributed by atoms with Gasteiger partial charge in [0.2, 0.25) is 0 Å². The minimum atomic E-state index is 0. The first-order valence-corrected chi connectivity index (χ1v) is 8.76. The summed E-state index contributed by atoms with van der Waals surface area (Å²) in [4.78, 5) is 7.16. The van der Waals surface area contributed by atoms with E-state index in [9.17, 15) is 0 Å². The summed E-state index contributed by atoms with van der Waals surface area (Å²) in [5.74, 6) is 2.21. The fourth-order valence-electron chi connectivity index (χ4n) is 2.94. The average Bonchev–Trinajstić information content (AvgIpc) is 2.94. The largest absolute Gasteiger partial charge is 0.384 e. The van der Waals surface area contributed by atoms with E-state index < -0.39 is 0 Å². The third-order valence-corrected chi connectivity index (χ3v) is 4.12. The SMILES string of the molecule is CCNC(=NCCC(OCC)C(C)C)N1CCC(COC)C1.I. The molecule has 1 N–H and O–H groups in total. The van der Waals surface area contributed by atoms with Crippen LogP contribution in [0.1, 0.15) is 40.5 Å². The maximum absolute atomic E-state index is 5.80. The van der Waals surface area contributed by atoms with Gasteiger partial charge in [0.1, 0.15) is 0 Å². The molecule has 0 radical (unpaired) electrons. The van der Waals surface area contributed by atoms with Crippen LogP contribution in [0.5, 0.6) is 0 Å². The van der Waals surface area contributed by atoms with E-state index >= 15 is 0 Å². The van der Waals surface area contributed by atoms with Gasteiger partial charge in [-0.1, -0.05) is 13.8 Å². The highest BCUT2D eigenvalue weighted by Crippen LogP contribution is 2.17. The molecule has 0 aliphatic carbocycles. The second-order valence-corrected chi connectivity index (χ2v) is 6.32. The fourth-order valence-corrected chi connectivity index (χ4v) is 2.94. The highest BCUT2D eigenvalue weighted by Gasteiger charge is 2.24. The van der Waals surface area contributed by atoms with Gasteiger partial charge in [-0.2, -0.15) is 0 Å². The summed E-state index contributed by atoms with van der Waals surface area (Å²) in [5, 5.41) is 3.42. The number of rotatable bonds is 9. The average molecular weight is 441 g/mol. The molecule has 0 amide bonds. The molecule has 0 saturated carbocycles. The van der Waals surface area contributed by atoms with Gasteiger partial charge in [0.25, 0.3) is 0 Å². The topological polar surface area (TPSA) is 46.1 Å². The normalized spacial score (nSPS) is 19.8. The number of hydrogen-bond acceptors (Lipinski definition) is 3. The monoisotopic (exact) mass is 441 g/mol. The number of halogens is 1. The first kappa shape index (κ1) is 22.9. The van der Waals surface area contributed by atoms with Crippen molar-refractivity contribution in [3.05, 3.63) is 0 Å². The van der Waals surface area contributed by atoms with Crippen LogP contribution in [0.4, 0.5) is 0 Å². The maximum Gasteiger partial charge on any atom is 0.193 e. The van der Waals surface area contributed by atoms with Crippen molar-refractivity contribution in [2.75, 3.05) is 46.5 Å². The van der Waals surface area contributed by atoms with Gasteiger partial charge in [0.15, 0.2) is 5.96 Å². The molecule has 1 aliphatic rings. The van der Waals surface area contributed by atoms with Crippen molar-refractivity contribution in [2.45, 2.75) is 46.6 Å². The van der Waals surface area contributed by atoms with E-state index in [1.165, 1.54) is 6.42 Å². The number of hydrogen-bond donors (Lipinski definition) is 1. The van der Waals surface area contributed by atoms with Crippen LogP contribution in [0, 0.1) is 11.8 Å². The number of methoxy groups -OCH3 is 1. The molecule has 5 nitrogen and oxygen atoms in total. The van der Waals surface area contributed by atoms with Crippen molar-refractivity contribution in [1.29, 1.82) is 0 Å². The molecule has 1 fully saturated rings. The Bertz CT molecular complexity index is 327. The Labute approximate surface area is 159 Å². The lowest BCUT2D eigenvalue weighted by Crippen LogP contribution is -2.40. The van der Waals surface area contributed by atoms with E-state index in [4.69, 9.17) is 14.5 Å². The summed E-state index contributed by atoms with van der Waals surface area (Å²) in [6, 6.07) is 0. The van der Waals surface area contributed by atoms with Crippen LogP contribution in [0.25, 0.3) is 0 Å². The van der Waals surface area contributed by atoms with E-state index in [0.717, 1.165) is 51.8 Å². The van der Waals surface area contributed by atoms with Crippen molar-refractivity contribution in [3.63, 3.8) is 0 Å². The van der Waals surface area contributed by atoms with Gasteiger partial charge >= 0.3 is 0 Å². The summed E-state index contributed by atoms with van der Waals surface area (Å²) in [6.45, 7) is 14.1. The number of ether oxygens (including phenoxy) is 2. The Hall–Kier alpha value is -0.0800. The van der Waals surface area contributed by atoms with Gasteiger partial charge < -0.3 is 19.7 Å². The molecule has 1 aliphatic heterocycles. The third-order valence-electron chi connectivity index (χ3n) is 4.12. The zero-order valence-corrected chi connectivity index (χ0v) is 17.8. The van der Waals surface area contributed by atoms with E-state index in [1.807, 2.05) is 0 Å². The zero-order valence-electron chi connectivity index (χ0n) is 15.5. The molecule has 1 rings (SSSR count). The van der Waals surface area contributed by atoms with Gasteiger partial charge in [0.05, 0.1) is 12.7 Å². The van der Waals surface area contributed by atoms with Gasteiger partial charge in [-0.15, -0.1) is 24.0 Å². The molecule has 2 unspecified atom stereocenters. The van der Waals surface area contributed by atoms with Crippen molar-refractivity contribution >= 4 is 29.9 Å². The van der Waals surface area contributed by atoms with Crippen molar-refractivity contribution < 1.29 is 9.47 Å². The van der Waals surface area contributed by atoms with Crippen molar-refractivity contribution in [2.24, 2.45) is 16.8 Å². The molecule has 0 bridgehead atoms. The highest BCUT2D eigenvalue weighted by molar-refractivity contribution is 14.0. The Morgan fingerprint density at radius 3 is 2.65 bits per heavy atom. The summed E-state index contributed by atoms with van der Waals surface area (Å²) in [5.41, 5.74) is 0. The first-order valence-electron chi connectivity index (χ1n) is 8.76. The molecular formula is C17H36IN3O2. The second kappa shape index (κ2) is 13.2. The van der Waals surface area contributed by atoms with Crippen molar-refractivity contribution in [3.8, 4) is 0 Å². The minimum absolute atomic E-state index is 0. The number of nitrogens with one attached hydrogen (secondary N) is 1. The lowest BCUT2D eigenvalue weighted by Gasteiger charge is -2.23. The molecule has 0 spiro atoms. The molecule has 1 saturated heterocycles. The van der Waals surface area contributed by atoms with Crippen LogP contribution < -0.4 is 5.32 Å². The number of nitrogens with zero attached hydrogens (tertiary/aromatic N) is 2. The quantitative estimate of drug-likeness (QED) is 0.340. The van der Waals surface area contributed by atoms with Crippen LogP contribution >= 0.6 is 24.0 Å². The summed E-state index contributed by atoms with van der Waals surface area (Å²) < 4.78 is 11.1. The first-order chi connectivity index (χ1) is 10.6. The maximum atomic E-state index is 5.80. The Morgan fingerprint density at radius 2 is 2.09 bits per heavy atom. The van der Waals surface area contributed by atoms with Gasteiger partial charge in [-0.05, 0) is 32.6 Å². The van der Waals surface area contributed by atoms with Crippen LogP contribution in [0.15, 0.2) is 4.99 Å². The molecule has 138 valence electrons. The molecule has 0 aromatic rings. The summed E-state index contributed by atoms with van der Waals surface area (Å²) >= 11 is 0. The van der Waals surface area contributed by atoms with E-state index in [-0.39, 0.29) is 24.0 Å². The van der Waals surface area contributed by atoms with E-state index in [1.54, 1.807) is 7.11 Å². The molecular weight excluding hydrogens is 405 g/mol. The predicted molar refractivity (Wildman–Crippen MR) is 108 cm³/mol. The molecule has 2 atom stereocenters. The molecule has 0 aromatic heterocycles. The van der Waals surface area contributed by atoms with Crippen molar-refractivity contribution in [1.82, 2.24) is 10.2 Å². The number of likely N-dealkylation sites (tertiary alicyclic amines) is 1. The summed E-state index contributed by atoms with van der Waals surface area (Å²) in [6.07, 6.45) is 2.47. The van der Waals surface area contributed by atoms with E-state index in [2.05, 4.69) is 37.9 Å². The smallest absolute Gasteiger partial charge is 0.193 e. The minimum Gasteiger partial charge on any atom is -0.384 e. The molecule has 6 heteroatoms. The summed E-state index contributed by atoms with van der Waals surface area (Å²) in [7, 11) is 1.78. The number of guanidine groups is 1. The predicted octanol–water partition coefficient (Wildman–Crippen LogP) is 2.99. The zero-order chi connectivity index (χ0) is 16.4. The Balaban J connectivity index is 0.00000484. The van der Waals surface area contributed by atoms with Crippen LogP contribution in [-0.4, -0.2) is 63.5 Å². The molecule has 1 heterocycles. The van der Waals surface area contributed by atoms with Gasteiger partial charge in [0, 0.05) is 45.8 Å². The van der Waals surface area contributed by atoms with Crippen LogP contribution in [0.3, 0.4) is 0 Å². The standard InChI is InChI=1S/C17H35N3O2.HI/c1-6-18-17(20-11-9-15(12-20)13-21-5)19-10-8-16(14(3)4)22-7-2;/h14-16H,6-13H2,1-5H3,(H,18,19);1H. The fraction of sp³-hybridized carbons (Fsp3) is 0.941.